The Morgan fingerprint density at radius 1 is 1.44 bits per heavy atom. The third-order valence-electron chi connectivity index (χ3n) is 2.70. The van der Waals surface area contributed by atoms with Crippen LogP contribution in [0.5, 0.6) is 0 Å². The first-order chi connectivity index (χ1) is 7.69. The average molecular weight is 284 g/mol. The van der Waals surface area contributed by atoms with Gasteiger partial charge in [-0.25, -0.2) is 0 Å². The van der Waals surface area contributed by atoms with E-state index in [1.54, 1.807) is 0 Å². The summed E-state index contributed by atoms with van der Waals surface area (Å²) in [5.41, 5.74) is 6.66. The minimum atomic E-state index is 0.0112. The molecule has 3 heteroatoms. The van der Waals surface area contributed by atoms with Gasteiger partial charge in [-0.3, -0.25) is 4.79 Å². The quantitative estimate of drug-likeness (QED) is 0.872. The smallest absolute Gasteiger partial charge is 0.141 e. The molecular formula is C13H18BrNO. The SMILES string of the molecule is CCCC(CN)C(=O)Cc1ccccc1Br. The molecule has 0 spiro atoms. The van der Waals surface area contributed by atoms with E-state index in [4.69, 9.17) is 5.73 Å². The zero-order valence-electron chi connectivity index (χ0n) is 9.58. The van der Waals surface area contributed by atoms with Crippen LogP contribution in [0, 0.1) is 5.92 Å². The van der Waals surface area contributed by atoms with Gasteiger partial charge in [-0.2, -0.15) is 0 Å². The molecule has 0 amide bonds. The van der Waals surface area contributed by atoms with Crippen molar-refractivity contribution in [1.82, 2.24) is 0 Å². The number of benzene rings is 1. The van der Waals surface area contributed by atoms with E-state index in [0.29, 0.717) is 13.0 Å². The zero-order valence-corrected chi connectivity index (χ0v) is 11.2. The Balaban J connectivity index is 2.66. The fourth-order valence-electron chi connectivity index (χ4n) is 1.73. The second-order valence-electron chi connectivity index (χ2n) is 3.96. The van der Waals surface area contributed by atoms with Crippen molar-refractivity contribution in [2.45, 2.75) is 26.2 Å². The van der Waals surface area contributed by atoms with Gasteiger partial charge in [0.1, 0.15) is 5.78 Å². The molecule has 0 aromatic heterocycles. The van der Waals surface area contributed by atoms with Gasteiger partial charge in [0.15, 0.2) is 0 Å². The van der Waals surface area contributed by atoms with Gasteiger partial charge in [0, 0.05) is 23.4 Å². The minimum Gasteiger partial charge on any atom is -0.330 e. The molecule has 0 aliphatic carbocycles. The minimum absolute atomic E-state index is 0.0112. The molecule has 0 aliphatic rings. The molecule has 1 aromatic rings. The summed E-state index contributed by atoms with van der Waals surface area (Å²) in [6.07, 6.45) is 2.37. The molecule has 0 heterocycles. The molecule has 1 aromatic carbocycles. The molecule has 88 valence electrons. The van der Waals surface area contributed by atoms with Crippen molar-refractivity contribution in [3.63, 3.8) is 0 Å². The number of carbonyl (C=O) groups excluding carboxylic acids is 1. The molecule has 0 saturated carbocycles. The van der Waals surface area contributed by atoms with Crippen molar-refractivity contribution in [2.24, 2.45) is 11.7 Å². The van der Waals surface area contributed by atoms with Gasteiger partial charge in [-0.05, 0) is 18.1 Å². The van der Waals surface area contributed by atoms with E-state index in [9.17, 15) is 4.79 Å². The largest absolute Gasteiger partial charge is 0.330 e. The first kappa shape index (κ1) is 13.4. The van der Waals surface area contributed by atoms with Gasteiger partial charge in [0.25, 0.3) is 0 Å². The maximum atomic E-state index is 12.0. The van der Waals surface area contributed by atoms with Gasteiger partial charge >= 0.3 is 0 Å². The van der Waals surface area contributed by atoms with Crippen molar-refractivity contribution >= 4 is 21.7 Å². The Bertz CT molecular complexity index is 352. The van der Waals surface area contributed by atoms with Crippen molar-refractivity contribution < 1.29 is 4.79 Å². The summed E-state index contributed by atoms with van der Waals surface area (Å²) in [7, 11) is 0. The molecule has 16 heavy (non-hydrogen) atoms. The van der Waals surface area contributed by atoms with Crippen LogP contribution in [0.15, 0.2) is 28.7 Å². The van der Waals surface area contributed by atoms with E-state index in [-0.39, 0.29) is 11.7 Å². The van der Waals surface area contributed by atoms with Crippen LogP contribution in [-0.4, -0.2) is 12.3 Å². The highest BCUT2D eigenvalue weighted by atomic mass is 79.9. The Morgan fingerprint density at radius 2 is 2.12 bits per heavy atom. The predicted molar refractivity (Wildman–Crippen MR) is 70.3 cm³/mol. The fourth-order valence-corrected chi connectivity index (χ4v) is 2.16. The van der Waals surface area contributed by atoms with Gasteiger partial charge in [-0.1, -0.05) is 47.5 Å². The second kappa shape index (κ2) is 6.81. The van der Waals surface area contributed by atoms with Gasteiger partial charge in [-0.15, -0.1) is 0 Å². The Morgan fingerprint density at radius 3 is 2.69 bits per heavy atom. The molecule has 0 bridgehead atoms. The van der Waals surface area contributed by atoms with Crippen LogP contribution in [0.2, 0.25) is 0 Å². The third-order valence-corrected chi connectivity index (χ3v) is 3.47. The van der Waals surface area contributed by atoms with Gasteiger partial charge in [0.2, 0.25) is 0 Å². The molecule has 0 saturated heterocycles. The molecule has 1 rings (SSSR count). The topological polar surface area (TPSA) is 43.1 Å². The summed E-state index contributed by atoms with van der Waals surface area (Å²) >= 11 is 3.45. The summed E-state index contributed by atoms with van der Waals surface area (Å²) in [5.74, 6) is 0.258. The first-order valence-corrected chi connectivity index (χ1v) is 6.44. The Labute approximate surface area is 105 Å². The Kier molecular flexibility index (Phi) is 5.71. The molecule has 1 atom stereocenters. The number of halogens is 1. The van der Waals surface area contributed by atoms with E-state index < -0.39 is 0 Å². The lowest BCUT2D eigenvalue weighted by Gasteiger charge is -2.12. The van der Waals surface area contributed by atoms with E-state index in [2.05, 4.69) is 22.9 Å². The number of hydrogen-bond acceptors (Lipinski definition) is 2. The molecule has 2 N–H and O–H groups in total. The lowest BCUT2D eigenvalue weighted by atomic mass is 9.94. The number of Topliss-reactive ketones (excluding diaryl/α,β-unsaturated/α-hetero) is 1. The summed E-state index contributed by atoms with van der Waals surface area (Å²) in [6.45, 7) is 2.53. The highest BCUT2D eigenvalue weighted by molar-refractivity contribution is 9.10. The lowest BCUT2D eigenvalue weighted by molar-refractivity contribution is -0.122. The maximum Gasteiger partial charge on any atom is 0.141 e. The molecule has 0 fully saturated rings. The fraction of sp³-hybridized carbons (Fsp3) is 0.462. The summed E-state index contributed by atoms with van der Waals surface area (Å²) < 4.78 is 0.996. The van der Waals surface area contributed by atoms with Crippen LogP contribution >= 0.6 is 15.9 Å². The van der Waals surface area contributed by atoms with Crippen LogP contribution < -0.4 is 5.73 Å². The van der Waals surface area contributed by atoms with Crippen LogP contribution in [0.3, 0.4) is 0 Å². The number of ketones is 1. The van der Waals surface area contributed by atoms with E-state index in [1.165, 1.54) is 0 Å². The molecule has 0 radical (unpaired) electrons. The molecule has 2 nitrogen and oxygen atoms in total. The third kappa shape index (κ3) is 3.72. The summed E-state index contributed by atoms with van der Waals surface area (Å²) in [4.78, 5) is 12.0. The molecular weight excluding hydrogens is 266 g/mol. The summed E-state index contributed by atoms with van der Waals surface area (Å²) in [5, 5.41) is 0. The van der Waals surface area contributed by atoms with E-state index in [1.807, 2.05) is 24.3 Å². The monoisotopic (exact) mass is 283 g/mol. The maximum absolute atomic E-state index is 12.0. The van der Waals surface area contributed by atoms with Crippen molar-refractivity contribution in [3.05, 3.63) is 34.3 Å². The normalized spacial score (nSPS) is 12.4. The van der Waals surface area contributed by atoms with Crippen LogP contribution in [0.25, 0.3) is 0 Å². The molecule has 1 unspecified atom stereocenters. The van der Waals surface area contributed by atoms with E-state index in [0.717, 1.165) is 22.9 Å². The summed E-state index contributed by atoms with van der Waals surface area (Å²) in [6, 6.07) is 7.83. The van der Waals surface area contributed by atoms with Crippen molar-refractivity contribution in [1.29, 1.82) is 0 Å². The number of hydrogen-bond donors (Lipinski definition) is 1. The van der Waals surface area contributed by atoms with E-state index >= 15 is 0 Å². The standard InChI is InChI=1S/C13H18BrNO/c1-2-5-11(9-15)13(16)8-10-6-3-4-7-12(10)14/h3-4,6-7,11H,2,5,8-9,15H2,1H3. The van der Waals surface area contributed by atoms with Crippen molar-refractivity contribution in [2.75, 3.05) is 6.54 Å². The van der Waals surface area contributed by atoms with Crippen LogP contribution in [0.1, 0.15) is 25.3 Å². The first-order valence-electron chi connectivity index (χ1n) is 5.65. The zero-order chi connectivity index (χ0) is 12.0. The second-order valence-corrected chi connectivity index (χ2v) is 4.81. The van der Waals surface area contributed by atoms with Crippen LogP contribution in [0.4, 0.5) is 0 Å². The predicted octanol–water partition coefficient (Wildman–Crippen LogP) is 2.94. The number of nitrogens with two attached hydrogens (primary N) is 1. The molecule has 0 aliphatic heterocycles. The highest BCUT2D eigenvalue weighted by Gasteiger charge is 2.16. The highest BCUT2D eigenvalue weighted by Crippen LogP contribution is 2.18. The van der Waals surface area contributed by atoms with Crippen molar-refractivity contribution in [3.8, 4) is 0 Å². The number of carbonyl (C=O) groups is 1. The average Bonchev–Trinajstić information content (AvgIpc) is 2.29. The van der Waals surface area contributed by atoms with Gasteiger partial charge < -0.3 is 5.73 Å². The van der Waals surface area contributed by atoms with Crippen LogP contribution in [-0.2, 0) is 11.2 Å². The number of rotatable bonds is 6. The van der Waals surface area contributed by atoms with Gasteiger partial charge in [0.05, 0.1) is 0 Å². The lowest BCUT2D eigenvalue weighted by Crippen LogP contribution is -2.25. The Hall–Kier alpha value is -0.670.